The van der Waals surface area contributed by atoms with Crippen LogP contribution in [0.15, 0.2) is 30.3 Å². The van der Waals surface area contributed by atoms with Crippen LogP contribution in [0, 0.1) is 0 Å². The van der Waals surface area contributed by atoms with E-state index in [1.807, 2.05) is 6.07 Å². The number of hydrogen-bond donors (Lipinski definition) is 0. The lowest BCUT2D eigenvalue weighted by Crippen LogP contribution is -2.27. The second kappa shape index (κ2) is 5.83. The van der Waals surface area contributed by atoms with E-state index < -0.39 is 7.14 Å². The van der Waals surface area contributed by atoms with Crippen molar-refractivity contribution in [1.29, 1.82) is 0 Å². The summed E-state index contributed by atoms with van der Waals surface area (Å²) in [6.07, 6.45) is 6.97. The summed E-state index contributed by atoms with van der Waals surface area (Å²) in [6, 6.07) is 10.4. The van der Waals surface area contributed by atoms with Crippen molar-refractivity contribution in [2.24, 2.45) is 0 Å². The van der Waals surface area contributed by atoms with Crippen LogP contribution >= 0.6 is 7.14 Å². The zero-order chi connectivity index (χ0) is 13.9. The van der Waals surface area contributed by atoms with Gasteiger partial charge in [-0.2, -0.15) is 0 Å². The summed E-state index contributed by atoms with van der Waals surface area (Å²) in [5, 5.41) is -0.0785. The van der Waals surface area contributed by atoms with E-state index in [2.05, 4.69) is 45.0 Å². The summed E-state index contributed by atoms with van der Waals surface area (Å²) in [4.78, 5) is 0. The molecule has 0 bridgehead atoms. The van der Waals surface area contributed by atoms with Crippen LogP contribution in [0.5, 0.6) is 0 Å². The molecule has 0 heterocycles. The Kier molecular flexibility index (Phi) is 4.56. The lowest BCUT2D eigenvalue weighted by Gasteiger charge is -2.39. The molecular weight excluding hydrogens is 251 g/mol. The van der Waals surface area contributed by atoms with Crippen LogP contribution in [-0.4, -0.2) is 10.8 Å². The Hall–Kier alpha value is -0.550. The normalized spacial score (nSPS) is 21.0. The summed E-state index contributed by atoms with van der Waals surface area (Å²) >= 11 is 0. The Bertz CT molecular complexity index is 438. The zero-order valence-corrected chi connectivity index (χ0v) is 13.5. The van der Waals surface area contributed by atoms with Crippen molar-refractivity contribution in [2.75, 3.05) is 0 Å². The summed E-state index contributed by atoms with van der Waals surface area (Å²) in [7, 11) is -2.20. The lowest BCUT2D eigenvalue weighted by molar-refractivity contribution is 0.466. The van der Waals surface area contributed by atoms with Crippen LogP contribution in [0.4, 0.5) is 0 Å². The molecule has 0 radical (unpaired) electrons. The topological polar surface area (TPSA) is 17.1 Å². The van der Waals surface area contributed by atoms with Crippen LogP contribution in [0.25, 0.3) is 0 Å². The average Bonchev–Trinajstić information content (AvgIpc) is 2.39. The van der Waals surface area contributed by atoms with Gasteiger partial charge in [-0.15, -0.1) is 0 Å². The van der Waals surface area contributed by atoms with E-state index in [0.29, 0.717) is 5.66 Å². The van der Waals surface area contributed by atoms with Gasteiger partial charge in [0, 0.05) is 17.0 Å². The van der Waals surface area contributed by atoms with Gasteiger partial charge >= 0.3 is 0 Å². The second-order valence-electron chi connectivity index (χ2n) is 6.90. The molecule has 1 saturated carbocycles. The summed E-state index contributed by atoms with van der Waals surface area (Å²) in [5.41, 5.74) is 1.69. The van der Waals surface area contributed by atoms with Crippen LogP contribution < -0.4 is 0 Å². The SMILES string of the molecule is CC(C)(C)P(=O)(Cc1ccccc1)C1CCCCC1. The minimum absolute atomic E-state index is 0.0785. The van der Waals surface area contributed by atoms with Gasteiger partial charge in [0.2, 0.25) is 0 Å². The Morgan fingerprint density at radius 1 is 1.05 bits per heavy atom. The van der Waals surface area contributed by atoms with Crippen molar-refractivity contribution in [3.63, 3.8) is 0 Å². The molecule has 1 nitrogen and oxygen atoms in total. The standard InChI is InChI=1S/C17H27OP/c1-17(2,3)19(18,16-12-8-5-9-13-16)14-15-10-6-4-7-11-15/h4,6-7,10-11,16H,5,8-9,12-14H2,1-3H3. The highest BCUT2D eigenvalue weighted by molar-refractivity contribution is 7.65. The van der Waals surface area contributed by atoms with E-state index in [-0.39, 0.29) is 5.16 Å². The highest BCUT2D eigenvalue weighted by Crippen LogP contribution is 2.66. The Morgan fingerprint density at radius 2 is 1.63 bits per heavy atom. The third-order valence-electron chi connectivity index (χ3n) is 4.56. The van der Waals surface area contributed by atoms with Crippen molar-refractivity contribution >= 4 is 7.14 Å². The van der Waals surface area contributed by atoms with Crippen molar-refractivity contribution in [2.45, 2.75) is 69.9 Å². The maximum atomic E-state index is 13.8. The fourth-order valence-corrected chi connectivity index (χ4v) is 7.05. The second-order valence-corrected chi connectivity index (χ2v) is 10.9. The molecule has 0 spiro atoms. The smallest absolute Gasteiger partial charge is 0.0998 e. The highest BCUT2D eigenvalue weighted by Gasteiger charge is 2.43. The van der Waals surface area contributed by atoms with E-state index in [9.17, 15) is 4.57 Å². The molecular formula is C17H27OP. The Balaban J connectivity index is 2.27. The summed E-state index contributed by atoms with van der Waals surface area (Å²) < 4.78 is 13.8. The van der Waals surface area contributed by atoms with Gasteiger partial charge in [-0.3, -0.25) is 0 Å². The first-order valence-corrected chi connectivity index (χ1v) is 9.52. The molecule has 0 saturated heterocycles. The van der Waals surface area contributed by atoms with Crippen LogP contribution in [0.1, 0.15) is 58.4 Å². The minimum atomic E-state index is -2.20. The number of rotatable bonds is 3. The molecule has 1 fully saturated rings. The molecule has 1 aliphatic carbocycles. The molecule has 1 aromatic carbocycles. The summed E-state index contributed by atoms with van der Waals surface area (Å²) in [5.74, 6) is 0. The van der Waals surface area contributed by atoms with Crippen LogP contribution in [0.2, 0.25) is 0 Å². The largest absolute Gasteiger partial charge is 0.322 e. The predicted molar refractivity (Wildman–Crippen MR) is 84.4 cm³/mol. The molecule has 0 aromatic heterocycles. The first-order chi connectivity index (χ1) is 8.93. The highest BCUT2D eigenvalue weighted by atomic mass is 31.2. The number of hydrogen-bond acceptors (Lipinski definition) is 1. The molecule has 0 aliphatic heterocycles. The molecule has 0 N–H and O–H groups in total. The molecule has 106 valence electrons. The molecule has 1 atom stereocenters. The van der Waals surface area contributed by atoms with Crippen LogP contribution in [0.3, 0.4) is 0 Å². The monoisotopic (exact) mass is 278 g/mol. The first kappa shape index (κ1) is 14.9. The van der Waals surface area contributed by atoms with Gasteiger partial charge < -0.3 is 4.57 Å². The third-order valence-corrected chi connectivity index (χ3v) is 9.36. The van der Waals surface area contributed by atoms with E-state index in [4.69, 9.17) is 0 Å². The summed E-state index contributed by atoms with van der Waals surface area (Å²) in [6.45, 7) is 6.52. The van der Waals surface area contributed by atoms with Gasteiger partial charge in [0.15, 0.2) is 0 Å². The van der Waals surface area contributed by atoms with Gasteiger partial charge in [0.25, 0.3) is 0 Å². The van der Waals surface area contributed by atoms with E-state index in [1.165, 1.54) is 37.7 Å². The van der Waals surface area contributed by atoms with Crippen molar-refractivity contribution in [3.8, 4) is 0 Å². The molecule has 19 heavy (non-hydrogen) atoms. The van der Waals surface area contributed by atoms with Gasteiger partial charge in [0.05, 0.1) is 7.14 Å². The van der Waals surface area contributed by atoms with E-state index in [0.717, 1.165) is 6.16 Å². The minimum Gasteiger partial charge on any atom is -0.322 e. The fraction of sp³-hybridized carbons (Fsp3) is 0.647. The Morgan fingerprint density at radius 3 is 2.16 bits per heavy atom. The zero-order valence-electron chi connectivity index (χ0n) is 12.6. The van der Waals surface area contributed by atoms with Crippen molar-refractivity contribution < 1.29 is 4.57 Å². The molecule has 0 amide bonds. The Labute approximate surface area is 118 Å². The molecule has 1 aliphatic rings. The average molecular weight is 278 g/mol. The van der Waals surface area contributed by atoms with Gasteiger partial charge in [-0.25, -0.2) is 0 Å². The fourth-order valence-electron chi connectivity index (χ4n) is 3.27. The maximum absolute atomic E-state index is 13.8. The first-order valence-electron chi connectivity index (χ1n) is 7.56. The van der Waals surface area contributed by atoms with Crippen molar-refractivity contribution in [3.05, 3.63) is 35.9 Å². The molecule has 2 heteroatoms. The molecule has 2 rings (SSSR count). The predicted octanol–water partition coefficient (Wildman–Crippen LogP) is 5.68. The maximum Gasteiger partial charge on any atom is 0.0998 e. The van der Waals surface area contributed by atoms with Crippen LogP contribution in [-0.2, 0) is 10.7 Å². The van der Waals surface area contributed by atoms with Gasteiger partial charge in [0.1, 0.15) is 0 Å². The number of benzene rings is 1. The van der Waals surface area contributed by atoms with Crippen molar-refractivity contribution in [1.82, 2.24) is 0 Å². The lowest BCUT2D eigenvalue weighted by atomic mass is 10.0. The van der Waals surface area contributed by atoms with Gasteiger partial charge in [-0.1, -0.05) is 70.4 Å². The quantitative estimate of drug-likeness (QED) is 0.650. The molecule has 1 unspecified atom stereocenters. The van der Waals surface area contributed by atoms with Gasteiger partial charge in [-0.05, 0) is 18.4 Å². The third kappa shape index (κ3) is 3.31. The molecule has 1 aromatic rings. The van der Waals surface area contributed by atoms with E-state index >= 15 is 0 Å². The van der Waals surface area contributed by atoms with E-state index in [1.54, 1.807) is 0 Å².